The standard InChI is InChI=1S/C12H11N.C8H7NO/c1-2-4-11-9(3-1)5-6-10-7-8-13-12(10)11;1-2-4-8-7(3-1)5-6-9-10-8/h1-6,13H,7-8H2;1-6,9H. The average Bonchev–Trinajstić information content (AvgIpc) is 3.12. The van der Waals surface area contributed by atoms with Crippen LogP contribution in [0.4, 0.5) is 5.69 Å². The summed E-state index contributed by atoms with van der Waals surface area (Å²) in [6, 6.07) is 20.8. The predicted molar refractivity (Wildman–Crippen MR) is 95.4 cm³/mol. The smallest absolute Gasteiger partial charge is 0.162 e. The molecule has 3 aromatic rings. The quantitative estimate of drug-likeness (QED) is 0.647. The fourth-order valence-corrected chi connectivity index (χ4v) is 2.99. The molecule has 0 saturated heterocycles. The van der Waals surface area contributed by atoms with E-state index in [4.69, 9.17) is 4.84 Å². The van der Waals surface area contributed by atoms with Crippen LogP contribution in [0.15, 0.2) is 66.9 Å². The van der Waals surface area contributed by atoms with Gasteiger partial charge in [0.2, 0.25) is 0 Å². The molecule has 3 heteroatoms. The minimum absolute atomic E-state index is 0.880. The van der Waals surface area contributed by atoms with Crippen molar-refractivity contribution < 1.29 is 4.84 Å². The lowest BCUT2D eigenvalue weighted by molar-refractivity contribution is 0.239. The monoisotopic (exact) mass is 302 g/mol. The lowest BCUT2D eigenvalue weighted by atomic mass is 10.0. The van der Waals surface area contributed by atoms with Gasteiger partial charge in [0.1, 0.15) is 0 Å². The highest BCUT2D eigenvalue weighted by Crippen LogP contribution is 2.30. The Morgan fingerprint density at radius 1 is 0.870 bits per heavy atom. The highest BCUT2D eigenvalue weighted by Gasteiger charge is 2.11. The van der Waals surface area contributed by atoms with Crippen molar-refractivity contribution in [3.63, 3.8) is 0 Å². The van der Waals surface area contributed by atoms with Crippen LogP contribution in [0.2, 0.25) is 0 Å². The second-order valence-electron chi connectivity index (χ2n) is 5.59. The number of benzene rings is 3. The summed E-state index contributed by atoms with van der Waals surface area (Å²) >= 11 is 0. The second-order valence-corrected chi connectivity index (χ2v) is 5.59. The molecule has 0 spiro atoms. The van der Waals surface area contributed by atoms with Crippen LogP contribution in [-0.4, -0.2) is 6.54 Å². The van der Waals surface area contributed by atoms with Crippen molar-refractivity contribution in [1.82, 2.24) is 5.48 Å². The second kappa shape index (κ2) is 6.05. The lowest BCUT2D eigenvalue weighted by Crippen LogP contribution is -2.13. The van der Waals surface area contributed by atoms with E-state index in [1.165, 1.54) is 28.4 Å². The molecule has 2 N–H and O–H groups in total. The van der Waals surface area contributed by atoms with E-state index in [-0.39, 0.29) is 0 Å². The van der Waals surface area contributed by atoms with Gasteiger partial charge in [-0.05, 0) is 29.5 Å². The third-order valence-corrected chi connectivity index (χ3v) is 4.13. The van der Waals surface area contributed by atoms with Crippen LogP contribution >= 0.6 is 0 Å². The first kappa shape index (κ1) is 13.7. The summed E-state index contributed by atoms with van der Waals surface area (Å²) in [6.07, 6.45) is 4.90. The first-order valence-electron chi connectivity index (χ1n) is 7.84. The molecule has 114 valence electrons. The third kappa shape index (κ3) is 2.73. The summed E-state index contributed by atoms with van der Waals surface area (Å²) in [5.74, 6) is 0.880. The molecule has 0 aromatic heterocycles. The van der Waals surface area contributed by atoms with Crippen molar-refractivity contribution in [3.05, 3.63) is 78.0 Å². The molecule has 3 aromatic carbocycles. The van der Waals surface area contributed by atoms with Gasteiger partial charge in [0.25, 0.3) is 0 Å². The Labute approximate surface area is 135 Å². The number of rotatable bonds is 0. The van der Waals surface area contributed by atoms with Gasteiger partial charge in [-0.1, -0.05) is 54.6 Å². The van der Waals surface area contributed by atoms with E-state index in [1.54, 1.807) is 6.20 Å². The maximum Gasteiger partial charge on any atom is 0.162 e. The Balaban J connectivity index is 0.000000122. The number of hydrogen-bond acceptors (Lipinski definition) is 3. The molecule has 0 atom stereocenters. The maximum atomic E-state index is 5.09. The number of anilines is 1. The van der Waals surface area contributed by atoms with E-state index in [0.717, 1.165) is 17.9 Å². The summed E-state index contributed by atoms with van der Waals surface area (Å²) in [5.41, 5.74) is 6.58. The zero-order chi connectivity index (χ0) is 15.5. The van der Waals surface area contributed by atoms with Crippen LogP contribution < -0.4 is 15.6 Å². The molecule has 0 bridgehead atoms. The van der Waals surface area contributed by atoms with Crippen molar-refractivity contribution >= 4 is 22.5 Å². The minimum atomic E-state index is 0.880. The molecule has 2 aliphatic rings. The van der Waals surface area contributed by atoms with Crippen LogP contribution in [0, 0.1) is 0 Å². The van der Waals surface area contributed by atoms with Gasteiger partial charge in [-0.2, -0.15) is 0 Å². The molecule has 23 heavy (non-hydrogen) atoms. The summed E-state index contributed by atoms with van der Waals surface area (Å²) in [4.78, 5) is 5.09. The number of nitrogens with one attached hydrogen (secondary N) is 2. The first-order valence-corrected chi connectivity index (χ1v) is 7.84. The third-order valence-electron chi connectivity index (χ3n) is 4.13. The summed E-state index contributed by atoms with van der Waals surface area (Å²) in [7, 11) is 0. The van der Waals surface area contributed by atoms with Gasteiger partial charge in [-0.15, -0.1) is 0 Å². The van der Waals surface area contributed by atoms with E-state index in [0.29, 0.717) is 0 Å². The fourth-order valence-electron chi connectivity index (χ4n) is 2.99. The molecular weight excluding hydrogens is 284 g/mol. The van der Waals surface area contributed by atoms with Crippen LogP contribution in [-0.2, 0) is 6.42 Å². The van der Waals surface area contributed by atoms with Gasteiger partial charge in [0, 0.05) is 29.4 Å². The van der Waals surface area contributed by atoms with Crippen molar-refractivity contribution in [1.29, 1.82) is 0 Å². The highest BCUT2D eigenvalue weighted by atomic mass is 16.6. The lowest BCUT2D eigenvalue weighted by Gasteiger charge is -2.11. The van der Waals surface area contributed by atoms with Gasteiger partial charge in [-0.25, -0.2) is 5.48 Å². The van der Waals surface area contributed by atoms with E-state index >= 15 is 0 Å². The molecule has 0 unspecified atom stereocenters. The number of fused-ring (bicyclic) bond motifs is 4. The van der Waals surface area contributed by atoms with Gasteiger partial charge < -0.3 is 10.2 Å². The Morgan fingerprint density at radius 3 is 2.70 bits per heavy atom. The van der Waals surface area contributed by atoms with E-state index in [2.05, 4.69) is 47.2 Å². The molecule has 0 aliphatic carbocycles. The Morgan fingerprint density at radius 2 is 1.74 bits per heavy atom. The van der Waals surface area contributed by atoms with Crippen molar-refractivity contribution in [2.24, 2.45) is 0 Å². The summed E-state index contributed by atoms with van der Waals surface area (Å²) < 4.78 is 0. The fraction of sp³-hybridized carbons (Fsp3) is 0.100. The Bertz CT molecular complexity index is 870. The van der Waals surface area contributed by atoms with Gasteiger partial charge >= 0.3 is 0 Å². The zero-order valence-electron chi connectivity index (χ0n) is 12.8. The highest BCUT2D eigenvalue weighted by molar-refractivity contribution is 5.96. The van der Waals surface area contributed by atoms with Crippen LogP contribution in [0.25, 0.3) is 16.8 Å². The number of hydrogen-bond donors (Lipinski definition) is 2. The molecular formula is C20H18N2O. The molecule has 0 fully saturated rings. The van der Waals surface area contributed by atoms with Crippen LogP contribution in [0.5, 0.6) is 5.75 Å². The van der Waals surface area contributed by atoms with E-state index in [9.17, 15) is 0 Å². The number of hydroxylamine groups is 1. The maximum absolute atomic E-state index is 5.09. The summed E-state index contributed by atoms with van der Waals surface area (Å²) in [6.45, 7) is 1.09. The largest absolute Gasteiger partial charge is 0.384 e. The Hall–Kier alpha value is -2.94. The van der Waals surface area contributed by atoms with Crippen LogP contribution in [0.3, 0.4) is 0 Å². The van der Waals surface area contributed by atoms with Crippen molar-refractivity contribution in [3.8, 4) is 5.75 Å². The van der Waals surface area contributed by atoms with Gasteiger partial charge in [0.15, 0.2) is 5.75 Å². The van der Waals surface area contributed by atoms with Crippen molar-refractivity contribution in [2.75, 3.05) is 11.9 Å². The molecule has 3 nitrogen and oxygen atoms in total. The topological polar surface area (TPSA) is 33.3 Å². The first-order chi connectivity index (χ1) is 11.4. The van der Waals surface area contributed by atoms with Gasteiger partial charge in [0.05, 0.1) is 0 Å². The number of para-hydroxylation sites is 1. The average molecular weight is 302 g/mol. The molecule has 2 heterocycles. The summed E-state index contributed by atoms with van der Waals surface area (Å²) in [5, 5.41) is 6.13. The van der Waals surface area contributed by atoms with E-state index in [1.807, 2.05) is 30.3 Å². The molecule has 0 saturated carbocycles. The van der Waals surface area contributed by atoms with Gasteiger partial charge in [-0.3, -0.25) is 0 Å². The Kier molecular flexibility index (Phi) is 3.60. The molecule has 2 aliphatic heterocycles. The van der Waals surface area contributed by atoms with Crippen LogP contribution in [0.1, 0.15) is 11.1 Å². The van der Waals surface area contributed by atoms with E-state index < -0.39 is 0 Å². The predicted octanol–water partition coefficient (Wildman–Crippen LogP) is 4.36. The molecule has 0 amide bonds. The normalized spacial score (nSPS) is 13.7. The van der Waals surface area contributed by atoms with Crippen molar-refractivity contribution in [2.45, 2.75) is 6.42 Å². The SMILES string of the molecule is C1=Cc2ccccc2ON1.c1ccc2c3c(ccc2c1)CCN3. The zero-order valence-corrected chi connectivity index (χ0v) is 12.8. The molecule has 5 rings (SSSR count). The minimum Gasteiger partial charge on any atom is -0.384 e. The molecule has 0 radical (unpaired) electrons.